The van der Waals surface area contributed by atoms with E-state index in [0.717, 1.165) is 25.1 Å². The first-order chi connectivity index (χ1) is 10.4. The van der Waals surface area contributed by atoms with Gasteiger partial charge >= 0.3 is 0 Å². The van der Waals surface area contributed by atoms with Crippen molar-refractivity contribution in [2.24, 2.45) is 5.92 Å². The molecule has 0 aromatic rings. The van der Waals surface area contributed by atoms with Crippen LogP contribution in [-0.4, -0.2) is 77.3 Å². The van der Waals surface area contributed by atoms with Crippen LogP contribution in [0.2, 0.25) is 0 Å². The topological polar surface area (TPSA) is 43.0 Å². The van der Waals surface area contributed by atoms with Crippen molar-refractivity contribution in [3.63, 3.8) is 0 Å². The third kappa shape index (κ3) is 6.20. The minimum absolute atomic E-state index is 0.657. The number of piperidine rings is 1. The number of likely N-dealkylation sites (tertiary alicyclic amines) is 1. The second-order valence-electron chi connectivity index (χ2n) is 6.05. The molecule has 21 heavy (non-hydrogen) atoms. The number of hydrogen-bond acceptors (Lipinski definition) is 5. The van der Waals surface area contributed by atoms with Gasteiger partial charge in [-0.15, -0.1) is 0 Å². The lowest BCUT2D eigenvalue weighted by Gasteiger charge is -2.34. The molecule has 2 aliphatic heterocycles. The van der Waals surface area contributed by atoms with Gasteiger partial charge in [0.1, 0.15) is 0 Å². The third-order valence-corrected chi connectivity index (χ3v) is 4.67. The first-order valence-electron chi connectivity index (χ1n) is 8.51. The van der Waals surface area contributed by atoms with Crippen molar-refractivity contribution >= 4 is 0 Å². The second kappa shape index (κ2) is 10.5. The van der Waals surface area contributed by atoms with E-state index >= 15 is 0 Å². The monoisotopic (exact) mass is 300 g/mol. The summed E-state index contributed by atoms with van der Waals surface area (Å²) in [6.45, 7) is 8.23. The lowest BCUT2D eigenvalue weighted by atomic mass is 9.89. The lowest BCUT2D eigenvalue weighted by Crippen LogP contribution is -2.42. The van der Waals surface area contributed by atoms with Gasteiger partial charge in [-0.25, -0.2) is 0 Å². The van der Waals surface area contributed by atoms with Crippen LogP contribution >= 0.6 is 0 Å². The van der Waals surface area contributed by atoms with Gasteiger partial charge in [0.15, 0.2) is 0 Å². The van der Waals surface area contributed by atoms with Crippen LogP contribution in [0.1, 0.15) is 25.7 Å². The zero-order valence-corrected chi connectivity index (χ0v) is 13.5. The van der Waals surface area contributed by atoms with Crippen LogP contribution in [0.4, 0.5) is 0 Å². The number of nitrogens with one attached hydrogen (secondary N) is 1. The lowest BCUT2D eigenvalue weighted by molar-refractivity contribution is 0.0164. The van der Waals surface area contributed by atoms with Crippen molar-refractivity contribution < 1.29 is 14.2 Å². The molecule has 1 atom stereocenters. The van der Waals surface area contributed by atoms with E-state index in [4.69, 9.17) is 14.2 Å². The summed E-state index contributed by atoms with van der Waals surface area (Å²) < 4.78 is 16.0. The van der Waals surface area contributed by atoms with E-state index in [-0.39, 0.29) is 0 Å². The van der Waals surface area contributed by atoms with E-state index < -0.39 is 0 Å². The van der Waals surface area contributed by atoms with E-state index in [9.17, 15) is 0 Å². The Morgan fingerprint density at radius 1 is 0.952 bits per heavy atom. The molecule has 0 saturated carbocycles. The molecule has 2 fully saturated rings. The molecular weight excluding hydrogens is 268 g/mol. The smallest absolute Gasteiger partial charge is 0.0701 e. The number of methoxy groups -OCH3 is 1. The Labute approximate surface area is 129 Å². The highest BCUT2D eigenvalue weighted by atomic mass is 16.5. The van der Waals surface area contributed by atoms with Crippen molar-refractivity contribution in [3.8, 4) is 0 Å². The summed E-state index contributed by atoms with van der Waals surface area (Å²) in [5.74, 6) is 0.895. The van der Waals surface area contributed by atoms with Gasteiger partial charge in [-0.2, -0.15) is 0 Å². The van der Waals surface area contributed by atoms with Crippen LogP contribution in [-0.2, 0) is 14.2 Å². The summed E-state index contributed by atoms with van der Waals surface area (Å²) in [6, 6.07) is 0.800. The van der Waals surface area contributed by atoms with Gasteiger partial charge in [0.05, 0.1) is 33.0 Å². The molecule has 0 aliphatic carbocycles. The van der Waals surface area contributed by atoms with E-state index in [0.29, 0.717) is 26.4 Å². The molecule has 0 radical (unpaired) electrons. The molecule has 2 rings (SSSR count). The predicted molar refractivity (Wildman–Crippen MR) is 83.7 cm³/mol. The standard InChI is InChI=1S/C16H32N2O3/c1-19-11-12-21-14-13-20-10-9-18-8-2-3-16(18)15-4-6-17-7-5-15/h15-17H,2-14H2,1H3. The Kier molecular flexibility index (Phi) is 8.59. The fraction of sp³-hybridized carbons (Fsp3) is 1.00. The van der Waals surface area contributed by atoms with Crippen LogP contribution in [0.3, 0.4) is 0 Å². The second-order valence-corrected chi connectivity index (χ2v) is 6.05. The van der Waals surface area contributed by atoms with Gasteiger partial charge in [-0.1, -0.05) is 0 Å². The first kappa shape index (κ1) is 17.2. The highest BCUT2D eigenvalue weighted by Gasteiger charge is 2.31. The largest absolute Gasteiger partial charge is 0.382 e. The van der Waals surface area contributed by atoms with Gasteiger partial charge < -0.3 is 19.5 Å². The first-order valence-corrected chi connectivity index (χ1v) is 8.51. The molecule has 5 heteroatoms. The maximum atomic E-state index is 5.69. The maximum Gasteiger partial charge on any atom is 0.0701 e. The molecule has 1 N–H and O–H groups in total. The Morgan fingerprint density at radius 2 is 1.67 bits per heavy atom. The Bertz CT molecular complexity index is 260. The minimum Gasteiger partial charge on any atom is -0.382 e. The SMILES string of the molecule is COCCOCCOCCN1CCCC1C1CCNCC1. The fourth-order valence-corrected chi connectivity index (χ4v) is 3.54. The molecule has 124 valence electrons. The number of hydrogen-bond donors (Lipinski definition) is 1. The van der Waals surface area contributed by atoms with Crippen molar-refractivity contribution in [3.05, 3.63) is 0 Å². The van der Waals surface area contributed by atoms with Crippen LogP contribution in [0, 0.1) is 5.92 Å². The van der Waals surface area contributed by atoms with Gasteiger partial charge in [0, 0.05) is 19.7 Å². The number of ether oxygens (including phenoxy) is 3. The van der Waals surface area contributed by atoms with E-state index in [1.165, 1.54) is 45.3 Å². The van der Waals surface area contributed by atoms with Crippen LogP contribution in [0.25, 0.3) is 0 Å². The summed E-state index contributed by atoms with van der Waals surface area (Å²) in [4.78, 5) is 2.65. The maximum absolute atomic E-state index is 5.69. The summed E-state index contributed by atoms with van der Waals surface area (Å²) in [5.41, 5.74) is 0. The molecule has 0 aromatic carbocycles. The molecular formula is C16H32N2O3. The van der Waals surface area contributed by atoms with Gasteiger partial charge in [-0.3, -0.25) is 4.90 Å². The summed E-state index contributed by atoms with van der Waals surface area (Å²) in [6.07, 6.45) is 5.42. The van der Waals surface area contributed by atoms with E-state index in [1.54, 1.807) is 7.11 Å². The average Bonchev–Trinajstić information content (AvgIpc) is 2.99. The Balaban J connectivity index is 1.52. The molecule has 0 aromatic heterocycles. The summed E-state index contributed by atoms with van der Waals surface area (Å²) >= 11 is 0. The molecule has 0 amide bonds. The number of nitrogens with zero attached hydrogens (tertiary/aromatic N) is 1. The Morgan fingerprint density at radius 3 is 2.43 bits per heavy atom. The van der Waals surface area contributed by atoms with Crippen molar-refractivity contribution in [1.29, 1.82) is 0 Å². The van der Waals surface area contributed by atoms with Crippen molar-refractivity contribution in [1.82, 2.24) is 10.2 Å². The molecule has 2 aliphatic rings. The third-order valence-electron chi connectivity index (χ3n) is 4.67. The van der Waals surface area contributed by atoms with Crippen LogP contribution < -0.4 is 5.32 Å². The van der Waals surface area contributed by atoms with Gasteiger partial charge in [-0.05, 0) is 51.2 Å². The molecule has 2 saturated heterocycles. The van der Waals surface area contributed by atoms with Gasteiger partial charge in [0.25, 0.3) is 0 Å². The highest BCUT2D eigenvalue weighted by molar-refractivity contribution is 4.87. The molecule has 0 spiro atoms. The Hall–Kier alpha value is -0.200. The van der Waals surface area contributed by atoms with E-state index in [1.807, 2.05) is 0 Å². The molecule has 5 nitrogen and oxygen atoms in total. The zero-order chi connectivity index (χ0) is 14.8. The zero-order valence-electron chi connectivity index (χ0n) is 13.5. The average molecular weight is 300 g/mol. The van der Waals surface area contributed by atoms with Gasteiger partial charge in [0.2, 0.25) is 0 Å². The molecule has 1 unspecified atom stereocenters. The normalized spacial score (nSPS) is 24.7. The number of rotatable bonds is 10. The summed E-state index contributed by atoms with van der Waals surface area (Å²) in [7, 11) is 1.69. The molecule has 0 bridgehead atoms. The van der Waals surface area contributed by atoms with Crippen LogP contribution in [0.5, 0.6) is 0 Å². The fourth-order valence-electron chi connectivity index (χ4n) is 3.54. The highest BCUT2D eigenvalue weighted by Crippen LogP contribution is 2.29. The predicted octanol–water partition coefficient (Wildman–Crippen LogP) is 1.13. The van der Waals surface area contributed by atoms with Crippen molar-refractivity contribution in [2.75, 3.05) is 66.3 Å². The van der Waals surface area contributed by atoms with Crippen LogP contribution in [0.15, 0.2) is 0 Å². The van der Waals surface area contributed by atoms with Crippen molar-refractivity contribution in [2.45, 2.75) is 31.7 Å². The quantitative estimate of drug-likeness (QED) is 0.613. The summed E-state index contributed by atoms with van der Waals surface area (Å²) in [5, 5.41) is 3.47. The van der Waals surface area contributed by atoms with E-state index in [2.05, 4.69) is 10.2 Å². The molecule has 2 heterocycles. The minimum atomic E-state index is 0.657.